The van der Waals surface area contributed by atoms with Crippen molar-refractivity contribution in [2.45, 2.75) is 12.8 Å². The van der Waals surface area contributed by atoms with E-state index in [9.17, 15) is 9.59 Å². The van der Waals surface area contributed by atoms with Crippen molar-refractivity contribution in [2.75, 3.05) is 18.1 Å². The van der Waals surface area contributed by atoms with Crippen LogP contribution < -0.4 is 4.90 Å². The summed E-state index contributed by atoms with van der Waals surface area (Å²) >= 11 is 6.20. The average Bonchev–Trinajstić information content (AvgIpc) is 3.15. The van der Waals surface area contributed by atoms with Gasteiger partial charge in [0.15, 0.2) is 5.69 Å². The molecule has 0 fully saturated rings. The molecule has 142 valence electrons. The second-order valence-electron chi connectivity index (χ2n) is 6.44. The van der Waals surface area contributed by atoms with Crippen LogP contribution in [-0.4, -0.2) is 35.2 Å². The number of nitrogens with one attached hydrogen (secondary N) is 1. The lowest BCUT2D eigenvalue weighted by Crippen LogP contribution is -2.40. The summed E-state index contributed by atoms with van der Waals surface area (Å²) in [4.78, 5) is 27.2. The lowest BCUT2D eigenvalue weighted by molar-refractivity contribution is 0.0518. The highest BCUT2D eigenvalue weighted by Gasteiger charge is 2.39. The molecule has 7 heteroatoms. The molecule has 1 unspecified atom stereocenters. The van der Waals surface area contributed by atoms with Crippen LogP contribution >= 0.6 is 11.6 Å². The Bertz CT molecular complexity index is 1030. The first-order valence-corrected chi connectivity index (χ1v) is 9.35. The van der Waals surface area contributed by atoms with Gasteiger partial charge in [-0.25, -0.2) is 4.79 Å². The minimum atomic E-state index is -0.524. The molecule has 2 aromatic carbocycles. The fourth-order valence-electron chi connectivity index (χ4n) is 3.52. The Morgan fingerprint density at radius 3 is 2.75 bits per heavy atom. The number of nitrogens with zero attached hydrogens (tertiary/aromatic N) is 2. The molecule has 2 heterocycles. The number of hydrogen-bond donors (Lipinski definition) is 1. The number of aromatic nitrogens is 2. The Morgan fingerprint density at radius 1 is 1.25 bits per heavy atom. The number of H-pyrrole nitrogens is 1. The number of fused-ring (bicyclic) bond motifs is 1. The van der Waals surface area contributed by atoms with Gasteiger partial charge in [0.05, 0.1) is 6.61 Å². The van der Waals surface area contributed by atoms with Crippen LogP contribution in [0.5, 0.6) is 0 Å². The van der Waals surface area contributed by atoms with E-state index in [0.717, 1.165) is 11.3 Å². The Labute approximate surface area is 167 Å². The maximum atomic E-state index is 13.1. The second-order valence-corrected chi connectivity index (χ2v) is 6.88. The summed E-state index contributed by atoms with van der Waals surface area (Å²) in [5.74, 6) is -1.06. The molecule has 3 aromatic rings. The van der Waals surface area contributed by atoms with Gasteiger partial charge in [-0.15, -0.1) is 0 Å². The predicted octanol–water partition coefficient (Wildman–Crippen LogP) is 4.03. The monoisotopic (exact) mass is 395 g/mol. The number of anilines is 1. The van der Waals surface area contributed by atoms with Crippen molar-refractivity contribution in [3.63, 3.8) is 0 Å². The van der Waals surface area contributed by atoms with E-state index in [2.05, 4.69) is 10.2 Å². The van der Waals surface area contributed by atoms with Crippen molar-refractivity contribution >= 4 is 29.2 Å². The Hall–Kier alpha value is -3.12. The van der Waals surface area contributed by atoms with E-state index >= 15 is 0 Å². The van der Waals surface area contributed by atoms with E-state index in [1.807, 2.05) is 48.5 Å². The summed E-state index contributed by atoms with van der Waals surface area (Å²) in [6.07, 6.45) is 0. The number of hydrogen-bond acceptors (Lipinski definition) is 4. The van der Waals surface area contributed by atoms with Gasteiger partial charge in [0.2, 0.25) is 0 Å². The lowest BCUT2D eigenvalue weighted by Gasteiger charge is -2.32. The predicted molar refractivity (Wildman–Crippen MR) is 106 cm³/mol. The van der Waals surface area contributed by atoms with Crippen molar-refractivity contribution in [3.8, 4) is 0 Å². The van der Waals surface area contributed by atoms with Crippen molar-refractivity contribution in [3.05, 3.63) is 82.1 Å². The topological polar surface area (TPSA) is 75.3 Å². The Balaban J connectivity index is 1.86. The molecule has 0 radical (unpaired) electrons. The molecule has 1 aliphatic heterocycles. The third-order valence-corrected chi connectivity index (χ3v) is 5.00. The smallest absolute Gasteiger partial charge is 0.356 e. The third-order valence-electron chi connectivity index (χ3n) is 4.76. The molecule has 0 saturated carbocycles. The van der Waals surface area contributed by atoms with Crippen LogP contribution in [0.4, 0.5) is 5.69 Å². The standard InChI is InChI=1S/C21H18ClN3O3/c1-2-28-21(27)19-17-16(13-7-6-8-14(22)11-13)12-25(15-9-4-3-5-10-15)20(26)18(17)23-24-19/h3-11,16H,2,12H2,1H3,(H,23,24). The first-order chi connectivity index (χ1) is 13.6. The summed E-state index contributed by atoms with van der Waals surface area (Å²) in [5.41, 5.74) is 2.66. The van der Waals surface area contributed by atoms with E-state index in [-0.39, 0.29) is 29.8 Å². The van der Waals surface area contributed by atoms with E-state index in [1.165, 1.54) is 0 Å². The fraction of sp³-hybridized carbons (Fsp3) is 0.190. The Kier molecular flexibility index (Phi) is 4.88. The van der Waals surface area contributed by atoms with Crippen LogP contribution in [0.1, 0.15) is 44.9 Å². The normalized spacial score (nSPS) is 16.0. The third kappa shape index (κ3) is 3.16. The molecule has 0 bridgehead atoms. The van der Waals surface area contributed by atoms with Gasteiger partial charge in [-0.1, -0.05) is 41.9 Å². The quantitative estimate of drug-likeness (QED) is 0.676. The second kappa shape index (κ2) is 7.48. The molecule has 0 aliphatic carbocycles. The molecular formula is C21H18ClN3O3. The molecule has 0 saturated heterocycles. The van der Waals surface area contributed by atoms with Crippen LogP contribution in [0, 0.1) is 0 Å². The minimum Gasteiger partial charge on any atom is -0.461 e. The molecule has 1 amide bonds. The van der Waals surface area contributed by atoms with Crippen molar-refractivity contribution < 1.29 is 14.3 Å². The van der Waals surface area contributed by atoms with Gasteiger partial charge < -0.3 is 9.64 Å². The number of amides is 1. The van der Waals surface area contributed by atoms with Gasteiger partial charge in [-0.3, -0.25) is 9.89 Å². The van der Waals surface area contributed by atoms with Crippen LogP contribution in [0.15, 0.2) is 54.6 Å². The van der Waals surface area contributed by atoms with Crippen molar-refractivity contribution in [2.24, 2.45) is 0 Å². The molecule has 4 rings (SSSR count). The van der Waals surface area contributed by atoms with Gasteiger partial charge >= 0.3 is 5.97 Å². The van der Waals surface area contributed by atoms with E-state index in [0.29, 0.717) is 17.1 Å². The fourth-order valence-corrected chi connectivity index (χ4v) is 3.72. The zero-order valence-electron chi connectivity index (χ0n) is 15.2. The number of halogens is 1. The highest BCUT2D eigenvalue weighted by molar-refractivity contribution is 6.30. The van der Waals surface area contributed by atoms with Crippen LogP contribution in [0.25, 0.3) is 0 Å². The molecule has 1 aromatic heterocycles. The molecule has 0 spiro atoms. The average molecular weight is 396 g/mol. The number of ether oxygens (including phenoxy) is 1. The maximum Gasteiger partial charge on any atom is 0.356 e. The van der Waals surface area contributed by atoms with Gasteiger partial charge in [-0.05, 0) is 36.8 Å². The number of esters is 1. The van der Waals surface area contributed by atoms with Gasteiger partial charge in [-0.2, -0.15) is 5.10 Å². The zero-order valence-corrected chi connectivity index (χ0v) is 15.9. The first kappa shape index (κ1) is 18.3. The number of rotatable bonds is 4. The van der Waals surface area contributed by atoms with Crippen molar-refractivity contribution in [1.82, 2.24) is 10.2 Å². The summed E-state index contributed by atoms with van der Waals surface area (Å²) in [6, 6.07) is 16.8. The first-order valence-electron chi connectivity index (χ1n) is 8.98. The maximum absolute atomic E-state index is 13.1. The lowest BCUT2D eigenvalue weighted by atomic mass is 9.85. The zero-order chi connectivity index (χ0) is 19.7. The van der Waals surface area contributed by atoms with Gasteiger partial charge in [0.1, 0.15) is 5.69 Å². The molecule has 1 atom stereocenters. The van der Waals surface area contributed by atoms with E-state index in [4.69, 9.17) is 16.3 Å². The summed E-state index contributed by atoms with van der Waals surface area (Å²) in [7, 11) is 0. The summed E-state index contributed by atoms with van der Waals surface area (Å²) in [6.45, 7) is 2.33. The molecule has 1 N–H and O–H groups in total. The number of carbonyl (C=O) groups is 2. The number of benzene rings is 2. The number of aromatic amines is 1. The summed E-state index contributed by atoms with van der Waals surface area (Å²) < 4.78 is 5.15. The van der Waals surface area contributed by atoms with Gasteiger partial charge in [0.25, 0.3) is 5.91 Å². The number of para-hydroxylation sites is 1. The highest BCUT2D eigenvalue weighted by atomic mass is 35.5. The molecule has 28 heavy (non-hydrogen) atoms. The van der Waals surface area contributed by atoms with Crippen molar-refractivity contribution in [1.29, 1.82) is 0 Å². The molecule has 6 nitrogen and oxygen atoms in total. The van der Waals surface area contributed by atoms with Gasteiger partial charge in [0, 0.05) is 28.7 Å². The largest absolute Gasteiger partial charge is 0.461 e. The molecular weight excluding hydrogens is 378 g/mol. The number of carbonyl (C=O) groups excluding carboxylic acids is 2. The Morgan fingerprint density at radius 2 is 2.04 bits per heavy atom. The van der Waals surface area contributed by atoms with E-state index in [1.54, 1.807) is 17.9 Å². The molecule has 1 aliphatic rings. The van der Waals surface area contributed by atoms with Crippen LogP contribution in [-0.2, 0) is 4.74 Å². The summed E-state index contributed by atoms with van der Waals surface area (Å²) in [5, 5.41) is 7.46. The van der Waals surface area contributed by atoms with Crippen LogP contribution in [0.3, 0.4) is 0 Å². The minimum absolute atomic E-state index is 0.211. The SMILES string of the molecule is CCOC(=O)c1[nH]nc2c1C(c1cccc(Cl)c1)CN(c1ccccc1)C2=O. The highest BCUT2D eigenvalue weighted by Crippen LogP contribution is 2.37. The van der Waals surface area contributed by atoms with E-state index < -0.39 is 5.97 Å². The van der Waals surface area contributed by atoms with Crippen LogP contribution in [0.2, 0.25) is 5.02 Å².